The zero-order valence-electron chi connectivity index (χ0n) is 11.3. The van der Waals surface area contributed by atoms with Crippen molar-refractivity contribution in [1.29, 1.82) is 0 Å². The van der Waals surface area contributed by atoms with Gasteiger partial charge in [0.15, 0.2) is 0 Å². The van der Waals surface area contributed by atoms with E-state index in [4.69, 9.17) is 0 Å². The van der Waals surface area contributed by atoms with Crippen LogP contribution in [0.3, 0.4) is 0 Å². The fourth-order valence-electron chi connectivity index (χ4n) is 2.49. The van der Waals surface area contributed by atoms with Gasteiger partial charge in [-0.05, 0) is 32.2 Å². The van der Waals surface area contributed by atoms with Crippen molar-refractivity contribution in [3.63, 3.8) is 0 Å². The molecule has 1 aliphatic heterocycles. The van der Waals surface area contributed by atoms with Crippen molar-refractivity contribution in [1.82, 2.24) is 15.1 Å². The van der Waals surface area contributed by atoms with Gasteiger partial charge in [0.05, 0.1) is 12.7 Å². The smallest absolute Gasteiger partial charge is 0.237 e. The fraction of sp³-hybridized carbons (Fsp3) is 0.923. The van der Waals surface area contributed by atoms with Gasteiger partial charge >= 0.3 is 0 Å². The van der Waals surface area contributed by atoms with Crippen LogP contribution in [0.1, 0.15) is 33.1 Å². The lowest BCUT2D eigenvalue weighted by Crippen LogP contribution is -2.42. The van der Waals surface area contributed by atoms with E-state index < -0.39 is 0 Å². The highest BCUT2D eigenvalue weighted by atomic mass is 16.2. The first kappa shape index (κ1) is 12.8. The maximum absolute atomic E-state index is 11.8. The third-order valence-electron chi connectivity index (χ3n) is 3.74. The van der Waals surface area contributed by atoms with Crippen LogP contribution in [0.25, 0.3) is 0 Å². The second-order valence-corrected chi connectivity index (χ2v) is 5.83. The highest BCUT2D eigenvalue weighted by Gasteiger charge is 2.32. The van der Waals surface area contributed by atoms with Crippen molar-refractivity contribution in [2.24, 2.45) is 5.92 Å². The molecule has 1 saturated carbocycles. The number of amides is 1. The van der Waals surface area contributed by atoms with Crippen LogP contribution in [0, 0.1) is 5.92 Å². The van der Waals surface area contributed by atoms with Gasteiger partial charge < -0.3 is 9.80 Å². The summed E-state index contributed by atoms with van der Waals surface area (Å²) in [5.41, 5.74) is 0. The van der Waals surface area contributed by atoms with Gasteiger partial charge in [-0.3, -0.25) is 10.1 Å². The number of hydrogen-bond donors (Lipinski definition) is 1. The van der Waals surface area contributed by atoms with Crippen LogP contribution >= 0.6 is 0 Å². The van der Waals surface area contributed by atoms with Crippen molar-refractivity contribution in [3.8, 4) is 0 Å². The summed E-state index contributed by atoms with van der Waals surface area (Å²) in [6.07, 6.45) is 3.98. The predicted molar refractivity (Wildman–Crippen MR) is 68.6 cm³/mol. The molecule has 2 rings (SSSR count). The van der Waals surface area contributed by atoms with Crippen LogP contribution in [0.2, 0.25) is 0 Å². The van der Waals surface area contributed by atoms with Crippen molar-refractivity contribution < 1.29 is 4.79 Å². The van der Waals surface area contributed by atoms with Crippen molar-refractivity contribution in [2.45, 2.75) is 45.3 Å². The molecule has 2 aliphatic rings. The summed E-state index contributed by atoms with van der Waals surface area (Å²) >= 11 is 0. The second-order valence-electron chi connectivity index (χ2n) is 5.83. The molecule has 1 unspecified atom stereocenters. The summed E-state index contributed by atoms with van der Waals surface area (Å²) in [7, 11) is 2.17. The van der Waals surface area contributed by atoms with Crippen molar-refractivity contribution >= 4 is 5.91 Å². The van der Waals surface area contributed by atoms with Crippen LogP contribution in [0.15, 0.2) is 0 Å². The van der Waals surface area contributed by atoms with E-state index in [0.717, 1.165) is 25.6 Å². The first-order valence-corrected chi connectivity index (χ1v) is 6.81. The Balaban J connectivity index is 1.80. The maximum atomic E-state index is 11.8. The molecule has 0 aromatic heterocycles. The molecule has 4 nitrogen and oxygen atoms in total. The Morgan fingerprint density at radius 2 is 2.18 bits per heavy atom. The van der Waals surface area contributed by atoms with Crippen molar-refractivity contribution in [2.75, 3.05) is 26.7 Å². The number of rotatable bonds is 6. The minimum Gasteiger partial charge on any atom is -0.325 e. The predicted octanol–water partition coefficient (Wildman–Crippen LogP) is 0.885. The Hall–Kier alpha value is -0.610. The molecule has 1 amide bonds. The Kier molecular flexibility index (Phi) is 4.05. The van der Waals surface area contributed by atoms with Crippen LogP contribution in [-0.2, 0) is 4.79 Å². The molecule has 4 heteroatoms. The van der Waals surface area contributed by atoms with Crippen LogP contribution in [-0.4, -0.2) is 54.6 Å². The molecule has 0 spiro atoms. The molecule has 0 aromatic rings. The second kappa shape index (κ2) is 5.36. The molecule has 98 valence electrons. The topological polar surface area (TPSA) is 35.6 Å². The minimum absolute atomic E-state index is 0.259. The third kappa shape index (κ3) is 3.42. The standard InChI is InChI=1S/C13H25N3O/c1-10(2)8-12-14-9-13(17)16(12)7-6-15(3)11-4-5-11/h10-12,14H,4-9H2,1-3H3. The zero-order valence-corrected chi connectivity index (χ0v) is 11.3. The zero-order chi connectivity index (χ0) is 12.4. The molecule has 0 bridgehead atoms. The first-order chi connectivity index (χ1) is 8.08. The number of likely N-dealkylation sites (N-methyl/N-ethyl adjacent to an activating group) is 1. The van der Waals surface area contributed by atoms with Crippen LogP contribution in [0.4, 0.5) is 0 Å². The molecule has 1 aliphatic carbocycles. The summed E-state index contributed by atoms with van der Waals surface area (Å²) in [5.74, 6) is 0.891. The van der Waals surface area contributed by atoms with E-state index in [1.807, 2.05) is 4.90 Å². The Labute approximate surface area is 104 Å². The van der Waals surface area contributed by atoms with Gasteiger partial charge in [0.2, 0.25) is 5.91 Å². The lowest BCUT2D eigenvalue weighted by molar-refractivity contribution is -0.128. The highest BCUT2D eigenvalue weighted by molar-refractivity contribution is 5.80. The van der Waals surface area contributed by atoms with Gasteiger partial charge in [-0.2, -0.15) is 0 Å². The van der Waals surface area contributed by atoms with E-state index >= 15 is 0 Å². The van der Waals surface area contributed by atoms with E-state index in [1.165, 1.54) is 12.8 Å². The molecule has 0 radical (unpaired) electrons. The van der Waals surface area contributed by atoms with Gasteiger partial charge in [0.1, 0.15) is 0 Å². The Morgan fingerprint density at radius 1 is 1.47 bits per heavy atom. The molecule has 1 heterocycles. The molecular weight excluding hydrogens is 214 g/mol. The summed E-state index contributed by atoms with van der Waals surface area (Å²) in [4.78, 5) is 16.2. The Bertz CT molecular complexity index is 276. The molecule has 1 N–H and O–H groups in total. The molecule has 0 aromatic carbocycles. The maximum Gasteiger partial charge on any atom is 0.237 e. The van der Waals surface area contributed by atoms with E-state index in [-0.39, 0.29) is 12.1 Å². The SMILES string of the molecule is CC(C)CC1NCC(=O)N1CCN(C)C1CC1. The monoisotopic (exact) mass is 239 g/mol. The Morgan fingerprint density at radius 3 is 2.76 bits per heavy atom. The average molecular weight is 239 g/mol. The summed E-state index contributed by atoms with van der Waals surface area (Å²) in [6, 6.07) is 0.782. The lowest BCUT2D eigenvalue weighted by Gasteiger charge is -2.27. The number of carbonyl (C=O) groups is 1. The quantitative estimate of drug-likeness (QED) is 0.747. The molecule has 1 saturated heterocycles. The van der Waals surface area contributed by atoms with Gasteiger partial charge in [0.25, 0.3) is 0 Å². The van der Waals surface area contributed by atoms with Gasteiger partial charge in [-0.25, -0.2) is 0 Å². The summed E-state index contributed by atoms with van der Waals surface area (Å²) in [6.45, 7) is 6.81. The first-order valence-electron chi connectivity index (χ1n) is 6.81. The van der Waals surface area contributed by atoms with Gasteiger partial charge in [-0.1, -0.05) is 13.8 Å². The number of hydrogen-bond acceptors (Lipinski definition) is 3. The number of nitrogens with one attached hydrogen (secondary N) is 1. The van der Waals surface area contributed by atoms with Crippen molar-refractivity contribution in [3.05, 3.63) is 0 Å². The van der Waals surface area contributed by atoms with E-state index in [9.17, 15) is 4.79 Å². The summed E-state index contributed by atoms with van der Waals surface area (Å²) < 4.78 is 0. The van der Waals surface area contributed by atoms with Crippen LogP contribution < -0.4 is 5.32 Å². The highest BCUT2D eigenvalue weighted by Crippen LogP contribution is 2.25. The van der Waals surface area contributed by atoms with E-state index in [1.54, 1.807) is 0 Å². The lowest BCUT2D eigenvalue weighted by atomic mass is 10.1. The van der Waals surface area contributed by atoms with E-state index in [0.29, 0.717) is 12.5 Å². The molecule has 17 heavy (non-hydrogen) atoms. The van der Waals surface area contributed by atoms with Gasteiger partial charge in [-0.15, -0.1) is 0 Å². The fourth-order valence-corrected chi connectivity index (χ4v) is 2.49. The largest absolute Gasteiger partial charge is 0.325 e. The van der Waals surface area contributed by atoms with Crippen LogP contribution in [0.5, 0.6) is 0 Å². The number of nitrogens with zero attached hydrogens (tertiary/aromatic N) is 2. The summed E-state index contributed by atoms with van der Waals surface area (Å²) in [5, 5.41) is 3.31. The minimum atomic E-state index is 0.259. The normalized spacial score (nSPS) is 25.4. The third-order valence-corrected chi connectivity index (χ3v) is 3.74. The molecule has 2 fully saturated rings. The van der Waals surface area contributed by atoms with Gasteiger partial charge in [0, 0.05) is 19.1 Å². The number of carbonyl (C=O) groups excluding carboxylic acids is 1. The average Bonchev–Trinajstić information content (AvgIpc) is 3.04. The molecule has 1 atom stereocenters. The molecular formula is C13H25N3O. The van der Waals surface area contributed by atoms with E-state index in [2.05, 4.69) is 31.1 Å².